The summed E-state index contributed by atoms with van der Waals surface area (Å²) in [6.07, 6.45) is 0. The van der Waals surface area contributed by atoms with Crippen molar-refractivity contribution in [1.82, 2.24) is 0 Å². The first-order chi connectivity index (χ1) is 26.8. The molecule has 0 N–H and O–H groups in total. The van der Waals surface area contributed by atoms with Crippen molar-refractivity contribution >= 4 is 91.7 Å². The quantitative estimate of drug-likeness (QED) is 0.161. The summed E-state index contributed by atoms with van der Waals surface area (Å²) in [4.78, 5) is 2.46. The van der Waals surface area contributed by atoms with Crippen LogP contribution in [0, 0.1) is 0 Å². The van der Waals surface area contributed by atoms with E-state index in [1.54, 1.807) is 0 Å². The Kier molecular flexibility index (Phi) is 7.11. The van der Waals surface area contributed by atoms with Crippen LogP contribution in [0.4, 0.5) is 17.1 Å². The van der Waals surface area contributed by atoms with E-state index in [1.807, 2.05) is 11.3 Å². The van der Waals surface area contributed by atoms with Crippen molar-refractivity contribution in [2.75, 3.05) is 4.90 Å². The van der Waals surface area contributed by atoms with Crippen molar-refractivity contribution in [3.8, 4) is 22.3 Å². The van der Waals surface area contributed by atoms with E-state index in [4.69, 9.17) is 0 Å². The molecule has 0 saturated heterocycles. The Hall–Kier alpha value is -6.74. The summed E-state index contributed by atoms with van der Waals surface area (Å²) in [5.74, 6) is 0. The fraction of sp³-hybridized carbons (Fsp3) is 0. The van der Waals surface area contributed by atoms with Crippen molar-refractivity contribution in [3.05, 3.63) is 200 Å². The second-order valence-electron chi connectivity index (χ2n) is 14.1. The topological polar surface area (TPSA) is 3.24 Å². The van der Waals surface area contributed by atoms with Gasteiger partial charge in [-0.1, -0.05) is 170 Å². The average Bonchev–Trinajstić information content (AvgIpc) is 3.64. The highest BCUT2D eigenvalue weighted by molar-refractivity contribution is 7.27. The van der Waals surface area contributed by atoms with E-state index in [9.17, 15) is 0 Å². The van der Waals surface area contributed by atoms with Gasteiger partial charge in [0.05, 0.1) is 10.4 Å². The molecule has 1 nitrogen and oxygen atoms in total. The number of nitrogens with zero attached hydrogens (tertiary/aromatic N) is 1. The number of fused-ring (bicyclic) bond motifs is 9. The molecular weight excluding hydrogens is 671 g/mol. The molecule has 0 bridgehead atoms. The molecule has 10 aromatic carbocycles. The monoisotopic (exact) mass is 703 g/mol. The van der Waals surface area contributed by atoms with E-state index in [-0.39, 0.29) is 0 Å². The van der Waals surface area contributed by atoms with Gasteiger partial charge < -0.3 is 4.90 Å². The summed E-state index contributed by atoms with van der Waals surface area (Å²) in [6, 6.07) is 73.5. The minimum absolute atomic E-state index is 1.12. The van der Waals surface area contributed by atoms with E-state index in [0.29, 0.717) is 0 Å². The molecule has 0 fully saturated rings. The molecule has 1 aromatic heterocycles. The standard InChI is InChI=1S/C52H33NS/c1-2-11-34(12-3-1)44-18-9-20-47-48-21-10-22-50(52(48)54-51(44)47)53(40-31-27-38-24-23-35-13-5-7-16-43(35)49(38)33-40)39-29-25-37(26-30-39)42-17-8-19-45-41-15-6-4-14-36(41)28-32-46(42)45/h1-33H. The lowest BCUT2D eigenvalue weighted by Crippen LogP contribution is -2.10. The Morgan fingerprint density at radius 3 is 1.61 bits per heavy atom. The normalized spacial score (nSPS) is 11.7. The van der Waals surface area contributed by atoms with Crippen LogP contribution in [0.5, 0.6) is 0 Å². The van der Waals surface area contributed by atoms with Crippen molar-refractivity contribution < 1.29 is 0 Å². The van der Waals surface area contributed by atoms with Crippen LogP contribution in [0.1, 0.15) is 0 Å². The Morgan fingerprint density at radius 2 is 0.833 bits per heavy atom. The van der Waals surface area contributed by atoms with Crippen molar-refractivity contribution in [1.29, 1.82) is 0 Å². The molecule has 0 aliphatic rings. The minimum Gasteiger partial charge on any atom is -0.309 e. The van der Waals surface area contributed by atoms with Crippen LogP contribution in [0.2, 0.25) is 0 Å². The van der Waals surface area contributed by atoms with Gasteiger partial charge in [-0.2, -0.15) is 0 Å². The second-order valence-corrected chi connectivity index (χ2v) is 15.1. The largest absolute Gasteiger partial charge is 0.309 e. The first-order valence-corrected chi connectivity index (χ1v) is 19.3. The Balaban J connectivity index is 1.12. The number of thiophene rings is 1. The molecule has 1 heterocycles. The number of rotatable bonds is 5. The SMILES string of the molecule is c1ccc(-c2cccc3c2sc2c(N(c4ccc(-c5cccc6c5ccc5ccccc56)cc4)c4ccc5ccc6ccccc6c5c4)cccc23)cc1. The zero-order chi connectivity index (χ0) is 35.6. The first kappa shape index (κ1) is 30.8. The summed E-state index contributed by atoms with van der Waals surface area (Å²) in [5, 5.41) is 12.7. The fourth-order valence-electron chi connectivity index (χ4n) is 8.46. The molecule has 0 amide bonds. The minimum atomic E-state index is 1.12. The Labute approximate surface area is 317 Å². The van der Waals surface area contributed by atoms with Crippen LogP contribution < -0.4 is 4.90 Å². The fourth-order valence-corrected chi connectivity index (χ4v) is 9.80. The van der Waals surface area contributed by atoms with Crippen LogP contribution in [0.25, 0.3) is 85.5 Å². The van der Waals surface area contributed by atoms with E-state index in [0.717, 1.165) is 11.4 Å². The van der Waals surface area contributed by atoms with Crippen LogP contribution >= 0.6 is 11.3 Å². The Bertz CT molecular complexity index is 3210. The van der Waals surface area contributed by atoms with Crippen LogP contribution in [-0.4, -0.2) is 0 Å². The Morgan fingerprint density at radius 1 is 0.296 bits per heavy atom. The van der Waals surface area contributed by atoms with Crippen molar-refractivity contribution in [3.63, 3.8) is 0 Å². The maximum Gasteiger partial charge on any atom is 0.0640 e. The third kappa shape index (κ3) is 4.92. The van der Waals surface area contributed by atoms with Gasteiger partial charge in [-0.25, -0.2) is 0 Å². The van der Waals surface area contributed by atoms with Gasteiger partial charge in [0.2, 0.25) is 0 Å². The molecule has 0 aliphatic heterocycles. The lowest BCUT2D eigenvalue weighted by atomic mass is 9.94. The van der Waals surface area contributed by atoms with Crippen LogP contribution in [0.3, 0.4) is 0 Å². The van der Waals surface area contributed by atoms with Gasteiger partial charge in [-0.3, -0.25) is 0 Å². The summed E-state index contributed by atoms with van der Waals surface area (Å²) in [6.45, 7) is 0. The molecule has 2 heteroatoms. The molecular formula is C52H33NS. The molecule has 54 heavy (non-hydrogen) atoms. The molecule has 0 spiro atoms. The molecule has 0 saturated carbocycles. The highest BCUT2D eigenvalue weighted by atomic mass is 32.1. The van der Waals surface area contributed by atoms with Gasteiger partial charge in [0.15, 0.2) is 0 Å². The summed E-state index contributed by atoms with van der Waals surface area (Å²) >= 11 is 1.89. The van der Waals surface area contributed by atoms with E-state index >= 15 is 0 Å². The third-order valence-electron chi connectivity index (χ3n) is 11.0. The number of anilines is 3. The molecule has 252 valence electrons. The van der Waals surface area contributed by atoms with E-state index in [2.05, 4.69) is 205 Å². The van der Waals surface area contributed by atoms with Gasteiger partial charge in [-0.15, -0.1) is 11.3 Å². The van der Waals surface area contributed by atoms with E-state index in [1.165, 1.54) is 91.2 Å². The number of benzene rings is 10. The van der Waals surface area contributed by atoms with Gasteiger partial charge in [0, 0.05) is 26.8 Å². The van der Waals surface area contributed by atoms with Crippen molar-refractivity contribution in [2.45, 2.75) is 0 Å². The zero-order valence-electron chi connectivity index (χ0n) is 29.4. The molecule has 11 aromatic rings. The highest BCUT2D eigenvalue weighted by Gasteiger charge is 2.20. The lowest BCUT2D eigenvalue weighted by Gasteiger charge is -2.27. The van der Waals surface area contributed by atoms with Gasteiger partial charge >= 0.3 is 0 Å². The second kappa shape index (κ2) is 12.4. The highest BCUT2D eigenvalue weighted by Crippen LogP contribution is 2.48. The molecule has 0 radical (unpaired) electrons. The van der Waals surface area contributed by atoms with Crippen molar-refractivity contribution in [2.24, 2.45) is 0 Å². The summed E-state index contributed by atoms with van der Waals surface area (Å²) in [7, 11) is 0. The lowest BCUT2D eigenvalue weighted by molar-refractivity contribution is 1.31. The van der Waals surface area contributed by atoms with Gasteiger partial charge in [0.1, 0.15) is 0 Å². The summed E-state index contributed by atoms with van der Waals surface area (Å²) in [5.41, 5.74) is 8.40. The maximum atomic E-state index is 2.46. The zero-order valence-corrected chi connectivity index (χ0v) is 30.2. The van der Waals surface area contributed by atoms with Gasteiger partial charge in [0.25, 0.3) is 0 Å². The average molecular weight is 704 g/mol. The third-order valence-corrected chi connectivity index (χ3v) is 12.3. The molecule has 0 atom stereocenters. The molecule has 11 rings (SSSR count). The number of hydrogen-bond donors (Lipinski definition) is 0. The smallest absolute Gasteiger partial charge is 0.0640 e. The summed E-state index contributed by atoms with van der Waals surface area (Å²) < 4.78 is 2.59. The number of hydrogen-bond acceptors (Lipinski definition) is 2. The predicted octanol–water partition coefficient (Wildman–Crippen LogP) is 15.5. The van der Waals surface area contributed by atoms with Crippen LogP contribution in [-0.2, 0) is 0 Å². The molecule has 0 aliphatic carbocycles. The predicted molar refractivity (Wildman–Crippen MR) is 235 cm³/mol. The molecule has 0 unspecified atom stereocenters. The maximum absolute atomic E-state index is 2.46. The van der Waals surface area contributed by atoms with E-state index < -0.39 is 0 Å². The first-order valence-electron chi connectivity index (χ1n) is 18.5. The van der Waals surface area contributed by atoms with Crippen LogP contribution in [0.15, 0.2) is 200 Å². The van der Waals surface area contributed by atoms with Gasteiger partial charge in [-0.05, 0) is 95.7 Å².